The second-order valence-electron chi connectivity index (χ2n) is 6.53. The Balaban J connectivity index is 2.46. The van der Waals surface area contributed by atoms with Gasteiger partial charge in [-0.3, -0.25) is 0 Å². The molecule has 0 amide bonds. The third-order valence-corrected chi connectivity index (χ3v) is 3.69. The quantitative estimate of drug-likeness (QED) is 0.739. The largest absolute Gasteiger partial charge is 0.389 e. The normalized spacial score (nSPS) is 38.0. The van der Waals surface area contributed by atoms with Crippen molar-refractivity contribution in [3.8, 4) is 0 Å². The first-order valence-corrected chi connectivity index (χ1v) is 6.19. The van der Waals surface area contributed by atoms with Crippen LogP contribution in [0.25, 0.3) is 0 Å². The van der Waals surface area contributed by atoms with Crippen LogP contribution in [0.1, 0.15) is 53.9 Å². The highest BCUT2D eigenvalue weighted by atomic mass is 16.3. The molecule has 0 aromatic carbocycles. The Hall–Kier alpha value is -0.0800. The molecular weight excluding hydrogens is 186 g/mol. The summed E-state index contributed by atoms with van der Waals surface area (Å²) in [4.78, 5) is 0. The lowest BCUT2D eigenvalue weighted by Gasteiger charge is -2.40. The van der Waals surface area contributed by atoms with Crippen LogP contribution in [0.5, 0.6) is 0 Å². The van der Waals surface area contributed by atoms with Crippen molar-refractivity contribution in [2.45, 2.75) is 65.0 Å². The van der Waals surface area contributed by atoms with E-state index < -0.39 is 5.60 Å². The van der Waals surface area contributed by atoms with Crippen LogP contribution in [-0.4, -0.2) is 22.8 Å². The summed E-state index contributed by atoms with van der Waals surface area (Å²) in [6.45, 7) is 11.7. The average Bonchev–Trinajstić information content (AvgIpc) is 2.08. The molecular formula is C13H27NO. The van der Waals surface area contributed by atoms with Gasteiger partial charge in [-0.15, -0.1) is 0 Å². The van der Waals surface area contributed by atoms with Crippen molar-refractivity contribution in [3.05, 3.63) is 0 Å². The average molecular weight is 213 g/mol. The van der Waals surface area contributed by atoms with Gasteiger partial charge in [-0.05, 0) is 51.9 Å². The predicted molar refractivity (Wildman–Crippen MR) is 64.9 cm³/mol. The fraction of sp³-hybridized carbons (Fsp3) is 1.00. The number of rotatable bonds is 2. The molecule has 1 fully saturated rings. The third-order valence-electron chi connectivity index (χ3n) is 3.69. The van der Waals surface area contributed by atoms with Crippen molar-refractivity contribution in [1.29, 1.82) is 0 Å². The topological polar surface area (TPSA) is 32.3 Å². The first kappa shape index (κ1) is 13.0. The molecule has 2 N–H and O–H groups in total. The Morgan fingerprint density at radius 2 is 1.87 bits per heavy atom. The van der Waals surface area contributed by atoms with Crippen molar-refractivity contribution < 1.29 is 5.11 Å². The lowest BCUT2D eigenvalue weighted by Crippen LogP contribution is -2.50. The standard InChI is InChI=1S/C13H27NO/c1-10-6-7-13(15,8-11(10)2)9-14-12(3,4)5/h10-11,14-15H,6-9H2,1-5H3. The fourth-order valence-corrected chi connectivity index (χ4v) is 2.27. The maximum absolute atomic E-state index is 10.5. The smallest absolute Gasteiger partial charge is 0.0774 e. The SMILES string of the molecule is CC1CCC(O)(CNC(C)(C)C)CC1C. The Morgan fingerprint density at radius 1 is 1.27 bits per heavy atom. The molecule has 0 bridgehead atoms. The zero-order chi connectivity index (χ0) is 11.7. The van der Waals surface area contributed by atoms with Gasteiger partial charge < -0.3 is 10.4 Å². The minimum absolute atomic E-state index is 0.0992. The van der Waals surface area contributed by atoms with E-state index in [1.807, 2.05) is 0 Å². The van der Waals surface area contributed by atoms with E-state index in [0.29, 0.717) is 5.92 Å². The van der Waals surface area contributed by atoms with Crippen LogP contribution in [0.4, 0.5) is 0 Å². The number of aliphatic hydroxyl groups is 1. The first-order chi connectivity index (χ1) is 6.72. The lowest BCUT2D eigenvalue weighted by atomic mass is 9.73. The highest BCUT2D eigenvalue weighted by Gasteiger charge is 2.36. The molecule has 0 aromatic rings. The monoisotopic (exact) mass is 213 g/mol. The zero-order valence-corrected chi connectivity index (χ0v) is 10.9. The molecule has 1 rings (SSSR count). The predicted octanol–water partition coefficient (Wildman–Crippen LogP) is 2.56. The molecule has 0 aliphatic heterocycles. The van der Waals surface area contributed by atoms with Gasteiger partial charge in [0.05, 0.1) is 5.60 Å². The summed E-state index contributed by atoms with van der Waals surface area (Å²) in [7, 11) is 0. The molecule has 0 heterocycles. The van der Waals surface area contributed by atoms with E-state index in [1.54, 1.807) is 0 Å². The summed E-state index contributed by atoms with van der Waals surface area (Å²) in [6, 6.07) is 0. The van der Waals surface area contributed by atoms with Crippen LogP contribution >= 0.6 is 0 Å². The number of β-amino-alcohol motifs (C(OH)–C–C–N with tert-alkyl or cyclic N) is 1. The van der Waals surface area contributed by atoms with Gasteiger partial charge in [0.25, 0.3) is 0 Å². The van der Waals surface area contributed by atoms with E-state index in [4.69, 9.17) is 0 Å². The van der Waals surface area contributed by atoms with Gasteiger partial charge in [-0.2, -0.15) is 0 Å². The van der Waals surface area contributed by atoms with Crippen molar-refractivity contribution in [3.63, 3.8) is 0 Å². The molecule has 90 valence electrons. The lowest BCUT2D eigenvalue weighted by molar-refractivity contribution is -0.0308. The maximum atomic E-state index is 10.5. The molecule has 3 unspecified atom stereocenters. The van der Waals surface area contributed by atoms with Crippen molar-refractivity contribution in [2.75, 3.05) is 6.54 Å². The van der Waals surface area contributed by atoms with Gasteiger partial charge in [0.1, 0.15) is 0 Å². The van der Waals surface area contributed by atoms with Gasteiger partial charge in [-0.1, -0.05) is 13.8 Å². The van der Waals surface area contributed by atoms with Gasteiger partial charge in [0.15, 0.2) is 0 Å². The van der Waals surface area contributed by atoms with E-state index in [0.717, 1.165) is 31.7 Å². The summed E-state index contributed by atoms with van der Waals surface area (Å²) >= 11 is 0. The second-order valence-corrected chi connectivity index (χ2v) is 6.53. The molecule has 0 saturated heterocycles. The Bertz CT molecular complexity index is 209. The third kappa shape index (κ3) is 4.12. The minimum Gasteiger partial charge on any atom is -0.389 e. The van der Waals surface area contributed by atoms with Gasteiger partial charge in [-0.25, -0.2) is 0 Å². The number of hydrogen-bond acceptors (Lipinski definition) is 2. The highest BCUT2D eigenvalue weighted by Crippen LogP contribution is 2.35. The van der Waals surface area contributed by atoms with Crippen LogP contribution in [0, 0.1) is 11.8 Å². The molecule has 1 aliphatic rings. The molecule has 0 spiro atoms. The van der Waals surface area contributed by atoms with Crippen molar-refractivity contribution >= 4 is 0 Å². The number of hydrogen-bond donors (Lipinski definition) is 2. The fourth-order valence-electron chi connectivity index (χ4n) is 2.27. The minimum atomic E-state index is -0.473. The first-order valence-electron chi connectivity index (χ1n) is 6.19. The van der Waals surface area contributed by atoms with E-state index >= 15 is 0 Å². The summed E-state index contributed by atoms with van der Waals surface area (Å²) < 4.78 is 0. The molecule has 1 saturated carbocycles. The van der Waals surface area contributed by atoms with Crippen LogP contribution in [0.3, 0.4) is 0 Å². The Morgan fingerprint density at radius 3 is 2.33 bits per heavy atom. The van der Waals surface area contributed by atoms with Crippen molar-refractivity contribution in [1.82, 2.24) is 5.32 Å². The summed E-state index contributed by atoms with van der Waals surface area (Å²) in [5.74, 6) is 1.41. The van der Waals surface area contributed by atoms with Gasteiger partial charge in [0.2, 0.25) is 0 Å². The van der Waals surface area contributed by atoms with Crippen LogP contribution in [-0.2, 0) is 0 Å². The van der Waals surface area contributed by atoms with Crippen molar-refractivity contribution in [2.24, 2.45) is 11.8 Å². The Labute approximate surface area is 94.5 Å². The molecule has 2 nitrogen and oxygen atoms in total. The summed E-state index contributed by atoms with van der Waals surface area (Å²) in [5.41, 5.74) is -0.374. The van der Waals surface area contributed by atoms with E-state index in [1.165, 1.54) is 0 Å². The molecule has 0 radical (unpaired) electrons. The van der Waals surface area contributed by atoms with Crippen LogP contribution in [0.2, 0.25) is 0 Å². The van der Waals surface area contributed by atoms with Gasteiger partial charge in [0, 0.05) is 12.1 Å². The summed E-state index contributed by atoms with van der Waals surface area (Å²) in [5, 5.41) is 13.9. The molecule has 1 aliphatic carbocycles. The summed E-state index contributed by atoms with van der Waals surface area (Å²) in [6.07, 6.45) is 3.04. The van der Waals surface area contributed by atoms with E-state index in [9.17, 15) is 5.11 Å². The second kappa shape index (κ2) is 4.42. The van der Waals surface area contributed by atoms with E-state index in [-0.39, 0.29) is 5.54 Å². The molecule has 15 heavy (non-hydrogen) atoms. The van der Waals surface area contributed by atoms with Crippen LogP contribution < -0.4 is 5.32 Å². The van der Waals surface area contributed by atoms with Crippen LogP contribution in [0.15, 0.2) is 0 Å². The van der Waals surface area contributed by atoms with Gasteiger partial charge >= 0.3 is 0 Å². The maximum Gasteiger partial charge on any atom is 0.0774 e. The number of nitrogens with one attached hydrogen (secondary N) is 1. The molecule has 0 aromatic heterocycles. The highest BCUT2D eigenvalue weighted by molar-refractivity contribution is 4.91. The molecule has 2 heteroatoms. The Kier molecular flexibility index (Phi) is 3.83. The zero-order valence-electron chi connectivity index (χ0n) is 10.9. The molecule has 3 atom stereocenters. The van der Waals surface area contributed by atoms with E-state index in [2.05, 4.69) is 39.9 Å².